The number of likely N-dealkylation sites (tertiary alicyclic amines) is 1. The molecular formula is C21H30N4O. The number of rotatable bonds is 6. The van der Waals surface area contributed by atoms with Gasteiger partial charge in [0, 0.05) is 31.4 Å². The molecule has 0 aliphatic carbocycles. The monoisotopic (exact) mass is 354 g/mol. The van der Waals surface area contributed by atoms with E-state index in [2.05, 4.69) is 39.6 Å². The zero-order chi connectivity index (χ0) is 18.5. The Morgan fingerprint density at radius 3 is 2.46 bits per heavy atom. The van der Waals surface area contributed by atoms with Crippen LogP contribution in [0.15, 0.2) is 24.3 Å². The number of nitrogens with one attached hydrogen (secondary N) is 1. The average molecular weight is 354 g/mol. The SMILES string of the molecule is Cc1nn(C)c(C)c1CC(=O)NCc1ccccc1CN1CCCCC1. The van der Waals surface area contributed by atoms with Crippen molar-refractivity contribution in [2.45, 2.75) is 52.6 Å². The summed E-state index contributed by atoms with van der Waals surface area (Å²) in [4.78, 5) is 15.0. The van der Waals surface area contributed by atoms with Gasteiger partial charge in [0.25, 0.3) is 0 Å². The molecule has 1 aromatic carbocycles. The minimum absolute atomic E-state index is 0.0528. The molecule has 2 aromatic rings. The molecule has 1 saturated heterocycles. The van der Waals surface area contributed by atoms with Gasteiger partial charge in [0.05, 0.1) is 12.1 Å². The van der Waals surface area contributed by atoms with Gasteiger partial charge in [0.2, 0.25) is 5.91 Å². The summed E-state index contributed by atoms with van der Waals surface area (Å²) < 4.78 is 1.84. The fourth-order valence-electron chi connectivity index (χ4n) is 3.73. The van der Waals surface area contributed by atoms with E-state index in [0.717, 1.165) is 23.5 Å². The van der Waals surface area contributed by atoms with E-state index in [0.29, 0.717) is 13.0 Å². The summed E-state index contributed by atoms with van der Waals surface area (Å²) in [7, 11) is 1.92. The van der Waals surface area contributed by atoms with Crippen molar-refractivity contribution in [2.75, 3.05) is 13.1 Å². The highest BCUT2D eigenvalue weighted by Gasteiger charge is 2.15. The van der Waals surface area contributed by atoms with Crippen molar-refractivity contribution in [3.05, 3.63) is 52.3 Å². The van der Waals surface area contributed by atoms with E-state index in [1.54, 1.807) is 0 Å². The fourth-order valence-corrected chi connectivity index (χ4v) is 3.73. The number of aromatic nitrogens is 2. The average Bonchev–Trinajstić information content (AvgIpc) is 2.88. The van der Waals surface area contributed by atoms with Gasteiger partial charge >= 0.3 is 0 Å². The lowest BCUT2D eigenvalue weighted by atomic mass is 10.0. The number of hydrogen-bond donors (Lipinski definition) is 1. The molecule has 0 radical (unpaired) electrons. The normalized spacial score (nSPS) is 15.2. The predicted octanol–water partition coefficient (Wildman–Crippen LogP) is 2.88. The molecule has 3 rings (SSSR count). The van der Waals surface area contributed by atoms with Crippen molar-refractivity contribution >= 4 is 5.91 Å². The van der Waals surface area contributed by atoms with Crippen LogP contribution in [0.1, 0.15) is 47.3 Å². The van der Waals surface area contributed by atoms with Gasteiger partial charge in [-0.05, 0) is 50.9 Å². The molecule has 0 unspecified atom stereocenters. The van der Waals surface area contributed by atoms with Crippen LogP contribution >= 0.6 is 0 Å². The first-order valence-electron chi connectivity index (χ1n) is 9.59. The van der Waals surface area contributed by atoms with Crippen LogP contribution in [-0.4, -0.2) is 33.7 Å². The Labute approximate surface area is 156 Å². The van der Waals surface area contributed by atoms with Gasteiger partial charge in [0.15, 0.2) is 0 Å². The first kappa shape index (κ1) is 18.6. The maximum absolute atomic E-state index is 12.4. The van der Waals surface area contributed by atoms with Crippen molar-refractivity contribution in [3.8, 4) is 0 Å². The molecular weight excluding hydrogens is 324 g/mol. The maximum Gasteiger partial charge on any atom is 0.224 e. The zero-order valence-corrected chi connectivity index (χ0v) is 16.2. The van der Waals surface area contributed by atoms with Gasteiger partial charge < -0.3 is 5.32 Å². The number of hydrogen-bond acceptors (Lipinski definition) is 3. The van der Waals surface area contributed by atoms with Crippen LogP contribution in [0.5, 0.6) is 0 Å². The molecule has 5 nitrogen and oxygen atoms in total. The minimum atomic E-state index is 0.0528. The molecule has 1 aliphatic rings. The Morgan fingerprint density at radius 1 is 1.12 bits per heavy atom. The molecule has 2 heterocycles. The molecule has 1 aliphatic heterocycles. The van der Waals surface area contributed by atoms with E-state index < -0.39 is 0 Å². The third-order valence-corrected chi connectivity index (χ3v) is 5.43. The van der Waals surface area contributed by atoms with E-state index in [9.17, 15) is 4.79 Å². The van der Waals surface area contributed by atoms with E-state index in [1.807, 2.05) is 25.6 Å². The summed E-state index contributed by atoms with van der Waals surface area (Å²) >= 11 is 0. The summed E-state index contributed by atoms with van der Waals surface area (Å²) in [6.07, 6.45) is 4.33. The molecule has 1 aromatic heterocycles. The smallest absolute Gasteiger partial charge is 0.224 e. The van der Waals surface area contributed by atoms with Crippen LogP contribution in [0, 0.1) is 13.8 Å². The first-order chi connectivity index (χ1) is 12.5. The number of nitrogens with zero attached hydrogens (tertiary/aromatic N) is 3. The fraction of sp³-hybridized carbons (Fsp3) is 0.524. The van der Waals surface area contributed by atoms with E-state index in [4.69, 9.17) is 0 Å². The number of aryl methyl sites for hydroxylation is 2. The molecule has 140 valence electrons. The van der Waals surface area contributed by atoms with Crippen LogP contribution in [0.3, 0.4) is 0 Å². The second-order valence-electron chi connectivity index (χ2n) is 7.33. The summed E-state index contributed by atoms with van der Waals surface area (Å²) in [5.41, 5.74) is 5.56. The lowest BCUT2D eigenvalue weighted by Crippen LogP contribution is -2.30. The lowest BCUT2D eigenvalue weighted by Gasteiger charge is -2.27. The molecule has 1 amide bonds. The Morgan fingerprint density at radius 2 is 1.81 bits per heavy atom. The molecule has 5 heteroatoms. The van der Waals surface area contributed by atoms with E-state index in [-0.39, 0.29) is 5.91 Å². The van der Waals surface area contributed by atoms with Crippen molar-refractivity contribution in [1.82, 2.24) is 20.0 Å². The van der Waals surface area contributed by atoms with Gasteiger partial charge in [-0.15, -0.1) is 0 Å². The summed E-state index contributed by atoms with van der Waals surface area (Å²) in [6.45, 7) is 7.90. The van der Waals surface area contributed by atoms with Gasteiger partial charge in [-0.25, -0.2) is 0 Å². The first-order valence-corrected chi connectivity index (χ1v) is 9.59. The van der Waals surface area contributed by atoms with E-state index in [1.165, 1.54) is 43.5 Å². The highest BCUT2D eigenvalue weighted by atomic mass is 16.1. The number of carbonyl (C=O) groups excluding carboxylic acids is 1. The van der Waals surface area contributed by atoms with Crippen molar-refractivity contribution in [3.63, 3.8) is 0 Å². The number of carbonyl (C=O) groups is 1. The van der Waals surface area contributed by atoms with Crippen LogP contribution in [0.4, 0.5) is 0 Å². The second kappa shape index (κ2) is 8.49. The summed E-state index contributed by atoms with van der Waals surface area (Å²) in [5.74, 6) is 0.0528. The molecule has 0 bridgehead atoms. The Kier molecular flexibility index (Phi) is 6.09. The Balaban J connectivity index is 1.59. The maximum atomic E-state index is 12.4. The largest absolute Gasteiger partial charge is 0.352 e. The molecule has 1 N–H and O–H groups in total. The van der Waals surface area contributed by atoms with Crippen LogP contribution in [0.2, 0.25) is 0 Å². The molecule has 0 spiro atoms. The Hall–Kier alpha value is -2.14. The molecule has 0 saturated carbocycles. The van der Waals surface area contributed by atoms with Crippen molar-refractivity contribution < 1.29 is 4.79 Å². The summed E-state index contributed by atoms with van der Waals surface area (Å²) in [6, 6.07) is 8.45. The third kappa shape index (κ3) is 4.52. The van der Waals surface area contributed by atoms with Crippen molar-refractivity contribution in [2.24, 2.45) is 7.05 Å². The highest BCUT2D eigenvalue weighted by molar-refractivity contribution is 5.79. The number of piperidine rings is 1. The van der Waals surface area contributed by atoms with Gasteiger partial charge in [-0.1, -0.05) is 30.7 Å². The minimum Gasteiger partial charge on any atom is -0.352 e. The third-order valence-electron chi connectivity index (χ3n) is 5.43. The number of benzene rings is 1. The second-order valence-corrected chi connectivity index (χ2v) is 7.33. The quantitative estimate of drug-likeness (QED) is 0.868. The molecule has 1 fully saturated rings. The summed E-state index contributed by atoms with van der Waals surface area (Å²) in [5, 5.41) is 7.49. The van der Waals surface area contributed by atoms with Crippen LogP contribution < -0.4 is 5.32 Å². The van der Waals surface area contributed by atoms with Crippen molar-refractivity contribution in [1.29, 1.82) is 0 Å². The predicted molar refractivity (Wildman–Crippen MR) is 104 cm³/mol. The Bertz CT molecular complexity index is 759. The van der Waals surface area contributed by atoms with Crippen LogP contribution in [0.25, 0.3) is 0 Å². The molecule has 26 heavy (non-hydrogen) atoms. The zero-order valence-electron chi connectivity index (χ0n) is 16.2. The topological polar surface area (TPSA) is 50.2 Å². The van der Waals surface area contributed by atoms with Gasteiger partial charge in [-0.3, -0.25) is 14.4 Å². The van der Waals surface area contributed by atoms with Crippen LogP contribution in [-0.2, 0) is 31.4 Å². The highest BCUT2D eigenvalue weighted by Crippen LogP contribution is 2.17. The number of amides is 1. The lowest BCUT2D eigenvalue weighted by molar-refractivity contribution is -0.120. The van der Waals surface area contributed by atoms with Gasteiger partial charge in [0.1, 0.15) is 0 Å². The molecule has 0 atom stereocenters. The van der Waals surface area contributed by atoms with Gasteiger partial charge in [-0.2, -0.15) is 5.10 Å². The van der Waals surface area contributed by atoms with E-state index >= 15 is 0 Å². The standard InChI is InChI=1S/C21H30N4O/c1-16-20(17(2)24(3)23-16)13-21(26)22-14-18-9-5-6-10-19(18)15-25-11-7-4-8-12-25/h5-6,9-10H,4,7-8,11-15H2,1-3H3,(H,22,26).